The van der Waals surface area contributed by atoms with Crippen molar-refractivity contribution in [3.05, 3.63) is 28.9 Å². The Hall–Kier alpha value is -1.66. The van der Waals surface area contributed by atoms with Crippen LogP contribution in [0.25, 0.3) is 11.2 Å². The second kappa shape index (κ2) is 17.7. The average molecular weight is 526 g/mol. The van der Waals surface area contributed by atoms with Crippen molar-refractivity contribution in [2.24, 2.45) is 0 Å². The second-order valence-corrected chi connectivity index (χ2v) is 9.92. The number of allylic oxidation sites excluding steroid dienone is 1. The first-order chi connectivity index (χ1) is 17.1. The molecule has 0 aliphatic heterocycles. The maximum absolute atomic E-state index is 11.9. The molecule has 0 aliphatic carbocycles. The number of nitrogens with zero attached hydrogens (tertiary/aromatic N) is 4. The van der Waals surface area contributed by atoms with Crippen LogP contribution in [0.3, 0.4) is 0 Å². The van der Waals surface area contributed by atoms with Gasteiger partial charge in [0, 0.05) is 13.0 Å². The van der Waals surface area contributed by atoms with E-state index in [1.807, 2.05) is 4.57 Å². The van der Waals surface area contributed by atoms with Crippen LogP contribution in [0.2, 0.25) is 10.4 Å². The molecule has 0 saturated heterocycles. The summed E-state index contributed by atoms with van der Waals surface area (Å²) in [5.41, 5.74) is 1.07. The lowest BCUT2D eigenvalue weighted by atomic mass is 10.0. The number of aryl methyl sites for hydroxylation is 1. The van der Waals surface area contributed by atoms with Crippen molar-refractivity contribution in [2.75, 3.05) is 0 Å². The molecule has 0 N–H and O–H groups in total. The minimum absolute atomic E-state index is 0.0539. The number of hydrogen-bond donors (Lipinski definition) is 0. The number of unbranched alkanes of at least 4 members (excludes halogenated alkanes) is 13. The molecule has 0 amide bonds. The van der Waals surface area contributed by atoms with E-state index in [0.29, 0.717) is 29.8 Å². The van der Waals surface area contributed by atoms with Crippen LogP contribution in [-0.2, 0) is 22.7 Å². The lowest BCUT2D eigenvalue weighted by Crippen LogP contribution is -2.10. The molecule has 0 bridgehead atoms. The van der Waals surface area contributed by atoms with Crippen LogP contribution in [0.1, 0.15) is 115 Å². The van der Waals surface area contributed by atoms with Gasteiger partial charge < -0.3 is 9.30 Å². The highest BCUT2D eigenvalue weighted by Crippen LogP contribution is 2.25. The van der Waals surface area contributed by atoms with Crippen molar-refractivity contribution in [3.8, 4) is 0 Å². The Bertz CT molecular complexity index is 901. The van der Waals surface area contributed by atoms with Crippen molar-refractivity contribution in [2.45, 2.75) is 123 Å². The van der Waals surface area contributed by atoms with E-state index < -0.39 is 0 Å². The first-order valence-electron chi connectivity index (χ1n) is 13.4. The number of carbonyl (C=O) groups is 1. The van der Waals surface area contributed by atoms with Crippen LogP contribution in [0.15, 0.2) is 12.7 Å². The van der Waals surface area contributed by atoms with Crippen molar-refractivity contribution in [1.29, 1.82) is 0 Å². The molecular weight excluding hydrogens is 483 g/mol. The van der Waals surface area contributed by atoms with Crippen molar-refractivity contribution in [1.82, 2.24) is 19.5 Å². The Kier molecular flexibility index (Phi) is 15.0. The summed E-state index contributed by atoms with van der Waals surface area (Å²) in [5, 5.41) is 0.320. The predicted molar refractivity (Wildman–Crippen MR) is 145 cm³/mol. The third kappa shape index (κ3) is 11.3. The van der Waals surface area contributed by atoms with Gasteiger partial charge in [-0.1, -0.05) is 108 Å². The first-order valence-corrected chi connectivity index (χ1v) is 14.2. The van der Waals surface area contributed by atoms with Gasteiger partial charge in [-0.15, -0.1) is 6.58 Å². The number of fused-ring (bicyclic) bond motifs is 1. The van der Waals surface area contributed by atoms with Gasteiger partial charge in [-0.05, 0) is 24.4 Å². The number of carbonyl (C=O) groups excluding carboxylic acids is 1. The van der Waals surface area contributed by atoms with Crippen LogP contribution in [0.5, 0.6) is 0 Å². The molecule has 0 radical (unpaired) electrons. The van der Waals surface area contributed by atoms with Crippen molar-refractivity contribution < 1.29 is 9.53 Å². The number of esters is 1. The molecule has 2 heterocycles. The fourth-order valence-electron chi connectivity index (χ4n) is 4.27. The molecule has 0 aromatic carbocycles. The van der Waals surface area contributed by atoms with E-state index in [1.165, 1.54) is 77.0 Å². The van der Waals surface area contributed by atoms with E-state index in [4.69, 9.17) is 27.9 Å². The quantitative estimate of drug-likeness (QED) is 0.0569. The summed E-state index contributed by atoms with van der Waals surface area (Å²) in [4.78, 5) is 24.7. The molecule has 2 rings (SSSR count). The van der Waals surface area contributed by atoms with Gasteiger partial charge in [-0.3, -0.25) is 4.79 Å². The van der Waals surface area contributed by atoms with Gasteiger partial charge in [0.2, 0.25) is 5.28 Å². The molecule has 0 fully saturated rings. The number of hydrogen-bond acceptors (Lipinski definition) is 5. The van der Waals surface area contributed by atoms with Crippen LogP contribution in [-0.4, -0.2) is 25.5 Å². The molecule has 2 aromatic heterocycles. The maximum Gasteiger partial charge on any atom is 0.306 e. The third-order valence-electron chi connectivity index (χ3n) is 6.26. The number of aromatic nitrogens is 4. The average Bonchev–Trinajstić information content (AvgIpc) is 3.18. The highest BCUT2D eigenvalue weighted by molar-refractivity contribution is 6.35. The zero-order valence-electron chi connectivity index (χ0n) is 21.4. The van der Waals surface area contributed by atoms with Gasteiger partial charge in [0.05, 0.1) is 0 Å². The van der Waals surface area contributed by atoms with Gasteiger partial charge >= 0.3 is 5.97 Å². The lowest BCUT2D eigenvalue weighted by molar-refractivity contribution is -0.145. The van der Waals surface area contributed by atoms with E-state index >= 15 is 0 Å². The van der Waals surface area contributed by atoms with Gasteiger partial charge in [-0.2, -0.15) is 4.98 Å². The summed E-state index contributed by atoms with van der Waals surface area (Å²) >= 11 is 12.3. The fraction of sp³-hybridized carbons (Fsp3) is 0.704. The summed E-state index contributed by atoms with van der Waals surface area (Å²) in [6, 6.07) is 0. The van der Waals surface area contributed by atoms with E-state index in [2.05, 4.69) is 28.5 Å². The smallest absolute Gasteiger partial charge is 0.306 e. The van der Waals surface area contributed by atoms with Gasteiger partial charge in [0.25, 0.3) is 0 Å². The normalized spacial score (nSPS) is 11.3. The standard InChI is InChI=1S/C27H42Cl2N4O2/c1-3-5-7-8-9-10-11-12-13-14-15-16-17-18-20-33-22(21-35-23(34)19-6-4-2)30-26-24(33)25(28)31-27(29)32-26/h4H,2-3,5-21H2,1H3. The van der Waals surface area contributed by atoms with Gasteiger partial charge in [0.1, 0.15) is 17.9 Å². The summed E-state index contributed by atoms with van der Waals surface area (Å²) < 4.78 is 7.37. The van der Waals surface area contributed by atoms with Crippen LogP contribution in [0, 0.1) is 0 Å². The number of halogens is 2. The molecule has 8 heteroatoms. The summed E-state index contributed by atoms with van der Waals surface area (Å²) in [7, 11) is 0. The Labute approximate surface area is 220 Å². The first kappa shape index (κ1) is 29.6. The molecular formula is C27H42Cl2N4O2. The summed E-state index contributed by atoms with van der Waals surface area (Å²) in [5.74, 6) is 0.329. The minimum Gasteiger partial charge on any atom is -0.457 e. The van der Waals surface area contributed by atoms with E-state index in [1.54, 1.807) is 6.08 Å². The SMILES string of the molecule is C=CCCC(=O)OCc1nc2nc(Cl)nc(Cl)c2n1CCCCCCCCCCCCCCCC. The Morgan fingerprint density at radius 1 is 0.886 bits per heavy atom. The molecule has 2 aromatic rings. The lowest BCUT2D eigenvalue weighted by Gasteiger charge is -2.10. The Balaban J connectivity index is 1.73. The minimum atomic E-state index is -0.282. The molecule has 35 heavy (non-hydrogen) atoms. The number of rotatable bonds is 20. The Morgan fingerprint density at radius 2 is 1.46 bits per heavy atom. The zero-order valence-corrected chi connectivity index (χ0v) is 22.9. The monoisotopic (exact) mass is 524 g/mol. The number of imidazole rings is 1. The topological polar surface area (TPSA) is 69.9 Å². The van der Waals surface area contributed by atoms with Crippen LogP contribution >= 0.6 is 23.2 Å². The van der Waals surface area contributed by atoms with Crippen molar-refractivity contribution >= 4 is 40.3 Å². The Morgan fingerprint density at radius 3 is 2.03 bits per heavy atom. The summed E-state index contributed by atoms with van der Waals surface area (Å²) in [6.45, 7) is 6.69. The van der Waals surface area contributed by atoms with E-state index in [9.17, 15) is 4.79 Å². The molecule has 0 atom stereocenters. The number of ether oxygens (including phenoxy) is 1. The molecule has 6 nitrogen and oxygen atoms in total. The maximum atomic E-state index is 11.9. The predicted octanol–water partition coefficient (Wildman–Crippen LogP) is 8.62. The van der Waals surface area contributed by atoms with E-state index in [-0.39, 0.29) is 23.0 Å². The molecule has 0 spiro atoms. The fourth-order valence-corrected chi connectivity index (χ4v) is 4.74. The highest BCUT2D eigenvalue weighted by atomic mass is 35.5. The van der Waals surface area contributed by atoms with Gasteiger partial charge in [-0.25, -0.2) is 9.97 Å². The molecule has 0 saturated carbocycles. The highest BCUT2D eigenvalue weighted by Gasteiger charge is 2.18. The van der Waals surface area contributed by atoms with Crippen molar-refractivity contribution in [3.63, 3.8) is 0 Å². The van der Waals surface area contributed by atoms with E-state index in [0.717, 1.165) is 19.4 Å². The second-order valence-electron chi connectivity index (χ2n) is 9.22. The molecule has 196 valence electrons. The van der Waals surface area contributed by atoms with Gasteiger partial charge in [0.15, 0.2) is 10.8 Å². The third-order valence-corrected chi connectivity index (χ3v) is 6.69. The zero-order chi connectivity index (χ0) is 25.3. The molecule has 0 aliphatic rings. The summed E-state index contributed by atoms with van der Waals surface area (Å²) in [6.07, 6.45) is 20.9. The van der Waals surface area contributed by atoms with Crippen LogP contribution in [0.4, 0.5) is 0 Å². The largest absolute Gasteiger partial charge is 0.457 e. The van der Waals surface area contributed by atoms with Crippen LogP contribution < -0.4 is 0 Å². The molecule has 0 unspecified atom stereocenters.